The Hall–Kier alpha value is -0.200. The average Bonchev–Trinajstić information content (AvgIpc) is 2.81. The van der Waals surface area contributed by atoms with Gasteiger partial charge in [-0.2, -0.15) is 28.5 Å². The van der Waals surface area contributed by atoms with Crippen LogP contribution in [-0.4, -0.2) is 27.4 Å². The fraction of sp³-hybridized carbons (Fsp3) is 0.818. The fourth-order valence-electron chi connectivity index (χ4n) is 1.18. The molecule has 98 valence electrons. The fourth-order valence-corrected chi connectivity index (χ4v) is 2.46. The van der Waals surface area contributed by atoms with E-state index in [9.17, 15) is 0 Å². The highest BCUT2D eigenvalue weighted by molar-refractivity contribution is 7.99. The van der Waals surface area contributed by atoms with Gasteiger partial charge in [-0.3, -0.25) is 0 Å². The quantitative estimate of drug-likeness (QED) is 0.787. The van der Waals surface area contributed by atoms with Crippen molar-refractivity contribution in [3.8, 4) is 0 Å². The van der Waals surface area contributed by atoms with Crippen molar-refractivity contribution < 1.29 is 4.52 Å². The van der Waals surface area contributed by atoms with E-state index < -0.39 is 0 Å². The van der Waals surface area contributed by atoms with Crippen molar-refractivity contribution in [1.29, 1.82) is 0 Å². The van der Waals surface area contributed by atoms with Crippen molar-refractivity contribution in [2.45, 2.75) is 43.7 Å². The van der Waals surface area contributed by atoms with E-state index in [0.29, 0.717) is 11.1 Å². The molecule has 1 unspecified atom stereocenters. The molecule has 2 atom stereocenters. The first-order valence-electron chi connectivity index (χ1n) is 5.86. The second-order valence-corrected chi connectivity index (χ2v) is 6.38. The van der Waals surface area contributed by atoms with Crippen LogP contribution < -0.4 is 5.73 Å². The van der Waals surface area contributed by atoms with Crippen LogP contribution in [0.3, 0.4) is 0 Å². The molecule has 0 aromatic carbocycles. The highest BCUT2D eigenvalue weighted by atomic mass is 32.2. The van der Waals surface area contributed by atoms with Crippen LogP contribution in [0.25, 0.3) is 0 Å². The van der Waals surface area contributed by atoms with E-state index in [-0.39, 0.29) is 6.04 Å². The molecule has 1 rings (SSSR count). The summed E-state index contributed by atoms with van der Waals surface area (Å²) in [6.45, 7) is 4.38. The lowest BCUT2D eigenvalue weighted by atomic mass is 10.2. The number of hydrogen-bond acceptors (Lipinski definition) is 6. The largest absolute Gasteiger partial charge is 0.338 e. The van der Waals surface area contributed by atoms with Crippen LogP contribution in [0.15, 0.2) is 4.52 Å². The Balaban J connectivity index is 2.41. The van der Waals surface area contributed by atoms with E-state index in [4.69, 9.17) is 10.3 Å². The molecule has 0 saturated carbocycles. The Morgan fingerprint density at radius 2 is 2.24 bits per heavy atom. The van der Waals surface area contributed by atoms with E-state index in [1.165, 1.54) is 0 Å². The molecule has 0 spiro atoms. The highest BCUT2D eigenvalue weighted by Gasteiger charge is 2.14. The molecule has 6 heteroatoms. The molecule has 1 aromatic rings. The predicted octanol–water partition coefficient (Wildman–Crippen LogP) is 2.85. The van der Waals surface area contributed by atoms with Gasteiger partial charge in [-0.05, 0) is 24.9 Å². The summed E-state index contributed by atoms with van der Waals surface area (Å²) in [5.41, 5.74) is 5.96. The summed E-state index contributed by atoms with van der Waals surface area (Å²) in [7, 11) is 0. The van der Waals surface area contributed by atoms with Gasteiger partial charge in [0.05, 0.1) is 11.8 Å². The van der Waals surface area contributed by atoms with Crippen LogP contribution in [0.1, 0.15) is 44.4 Å². The van der Waals surface area contributed by atoms with Gasteiger partial charge in [0.15, 0.2) is 5.82 Å². The van der Waals surface area contributed by atoms with Crippen molar-refractivity contribution >= 4 is 23.5 Å². The van der Waals surface area contributed by atoms with Gasteiger partial charge in [0.25, 0.3) is 0 Å². The molecule has 0 aliphatic rings. The van der Waals surface area contributed by atoms with Crippen LogP contribution >= 0.6 is 23.5 Å². The zero-order chi connectivity index (χ0) is 12.7. The Kier molecular flexibility index (Phi) is 6.99. The van der Waals surface area contributed by atoms with Gasteiger partial charge < -0.3 is 10.3 Å². The summed E-state index contributed by atoms with van der Waals surface area (Å²) < 4.78 is 5.18. The maximum atomic E-state index is 5.96. The summed E-state index contributed by atoms with van der Waals surface area (Å²) in [6.07, 6.45) is 4.10. The van der Waals surface area contributed by atoms with Gasteiger partial charge in [-0.1, -0.05) is 19.0 Å². The molecule has 0 radical (unpaired) electrons. The first kappa shape index (κ1) is 14.9. The third-order valence-electron chi connectivity index (χ3n) is 2.51. The third-order valence-corrected chi connectivity index (χ3v) is 4.48. The average molecular weight is 275 g/mol. The van der Waals surface area contributed by atoms with Gasteiger partial charge in [-0.15, -0.1) is 0 Å². The SMILES string of the molecule is CCC(C)SCc1noc([C@@H](N)CCSC)n1. The molecule has 0 bridgehead atoms. The van der Waals surface area contributed by atoms with Crippen LogP contribution in [-0.2, 0) is 5.75 Å². The van der Waals surface area contributed by atoms with Gasteiger partial charge in [0.2, 0.25) is 5.89 Å². The van der Waals surface area contributed by atoms with Gasteiger partial charge in [-0.25, -0.2) is 0 Å². The first-order chi connectivity index (χ1) is 8.17. The van der Waals surface area contributed by atoms with Gasteiger partial charge in [0.1, 0.15) is 0 Å². The molecule has 4 nitrogen and oxygen atoms in total. The van der Waals surface area contributed by atoms with E-state index >= 15 is 0 Å². The Labute approximate surface area is 111 Å². The molecule has 0 fully saturated rings. The first-order valence-corrected chi connectivity index (χ1v) is 8.30. The van der Waals surface area contributed by atoms with Crippen LogP contribution in [0, 0.1) is 0 Å². The molecule has 0 aliphatic heterocycles. The van der Waals surface area contributed by atoms with Crippen LogP contribution in [0.4, 0.5) is 0 Å². The normalized spacial score (nSPS) is 14.8. The molecular weight excluding hydrogens is 254 g/mol. The smallest absolute Gasteiger partial charge is 0.243 e. The van der Waals surface area contributed by atoms with Crippen molar-refractivity contribution in [1.82, 2.24) is 10.1 Å². The summed E-state index contributed by atoms with van der Waals surface area (Å²) in [6, 6.07) is -0.128. The number of thioether (sulfide) groups is 2. The van der Waals surface area contributed by atoms with Crippen molar-refractivity contribution in [2.75, 3.05) is 12.0 Å². The van der Waals surface area contributed by atoms with Crippen molar-refractivity contribution in [2.24, 2.45) is 5.73 Å². The summed E-state index contributed by atoms with van der Waals surface area (Å²) in [5, 5.41) is 4.58. The number of rotatable bonds is 8. The van der Waals surface area contributed by atoms with Crippen LogP contribution in [0.5, 0.6) is 0 Å². The minimum absolute atomic E-state index is 0.128. The van der Waals surface area contributed by atoms with E-state index in [1.807, 2.05) is 11.8 Å². The lowest BCUT2D eigenvalue weighted by Crippen LogP contribution is -2.11. The molecular formula is C11H21N3OS2. The maximum Gasteiger partial charge on any atom is 0.243 e. The van der Waals surface area contributed by atoms with Gasteiger partial charge in [0, 0.05) is 5.25 Å². The van der Waals surface area contributed by atoms with E-state index in [2.05, 4.69) is 30.2 Å². The third kappa shape index (κ3) is 5.31. The Morgan fingerprint density at radius 1 is 1.47 bits per heavy atom. The molecule has 2 N–H and O–H groups in total. The lowest BCUT2D eigenvalue weighted by Gasteiger charge is -2.05. The number of hydrogen-bond donors (Lipinski definition) is 1. The van der Waals surface area contributed by atoms with E-state index in [0.717, 1.165) is 30.2 Å². The molecule has 17 heavy (non-hydrogen) atoms. The van der Waals surface area contributed by atoms with Crippen LogP contribution in [0.2, 0.25) is 0 Å². The highest BCUT2D eigenvalue weighted by Crippen LogP contribution is 2.20. The monoisotopic (exact) mass is 275 g/mol. The predicted molar refractivity (Wildman–Crippen MR) is 75.3 cm³/mol. The second-order valence-electron chi connectivity index (χ2n) is 3.97. The number of nitrogens with zero attached hydrogens (tertiary/aromatic N) is 2. The Morgan fingerprint density at radius 3 is 2.88 bits per heavy atom. The summed E-state index contributed by atoms with van der Waals surface area (Å²) >= 11 is 3.62. The molecule has 1 heterocycles. The number of aromatic nitrogens is 2. The molecule has 0 saturated heterocycles. The van der Waals surface area contributed by atoms with E-state index in [1.54, 1.807) is 11.8 Å². The zero-order valence-electron chi connectivity index (χ0n) is 10.7. The number of nitrogens with two attached hydrogens (primary N) is 1. The maximum absolute atomic E-state index is 5.96. The standard InChI is InChI=1S/C11H21N3OS2/c1-4-8(2)17-7-10-13-11(15-14-10)9(12)5-6-16-3/h8-9H,4-7,12H2,1-3H3/t8?,9-/m0/s1. The molecule has 1 aromatic heterocycles. The summed E-state index contributed by atoms with van der Waals surface area (Å²) in [5.74, 6) is 3.14. The molecule has 0 amide bonds. The lowest BCUT2D eigenvalue weighted by molar-refractivity contribution is 0.350. The topological polar surface area (TPSA) is 64.9 Å². The molecule has 0 aliphatic carbocycles. The summed E-state index contributed by atoms with van der Waals surface area (Å²) in [4.78, 5) is 4.34. The Bertz CT molecular complexity index is 319. The zero-order valence-corrected chi connectivity index (χ0v) is 12.3. The second kappa shape index (κ2) is 8.00. The minimum Gasteiger partial charge on any atom is -0.338 e. The van der Waals surface area contributed by atoms with Crippen molar-refractivity contribution in [3.63, 3.8) is 0 Å². The van der Waals surface area contributed by atoms with Crippen molar-refractivity contribution in [3.05, 3.63) is 11.7 Å². The minimum atomic E-state index is -0.128. The van der Waals surface area contributed by atoms with Gasteiger partial charge >= 0.3 is 0 Å².